The first kappa shape index (κ1) is 18.9. The molecule has 1 amide bonds. The van der Waals surface area contributed by atoms with E-state index in [1.807, 2.05) is 6.07 Å². The van der Waals surface area contributed by atoms with Crippen LogP contribution in [0.25, 0.3) is 0 Å². The molecule has 9 nitrogen and oxygen atoms in total. The van der Waals surface area contributed by atoms with Crippen molar-refractivity contribution in [2.75, 3.05) is 13.7 Å². The van der Waals surface area contributed by atoms with Crippen LogP contribution in [0, 0.1) is 4.78 Å². The summed E-state index contributed by atoms with van der Waals surface area (Å²) in [5, 5.41) is 4.13. The van der Waals surface area contributed by atoms with E-state index in [2.05, 4.69) is 14.8 Å². The summed E-state index contributed by atoms with van der Waals surface area (Å²) in [6, 6.07) is 10.1. The molecule has 1 aromatic carbocycles. The molecule has 10 heteroatoms. The van der Waals surface area contributed by atoms with Crippen LogP contribution in [-0.2, 0) is 22.9 Å². The van der Waals surface area contributed by atoms with E-state index >= 15 is 0 Å². The fraction of sp³-hybridized carbons (Fsp3) is 0.211. The number of pyridine rings is 1. The molecule has 0 unspecified atom stereocenters. The summed E-state index contributed by atoms with van der Waals surface area (Å²) in [5.41, 5.74) is 1.60. The first-order valence-electron chi connectivity index (χ1n) is 8.85. The number of benzene rings is 1. The van der Waals surface area contributed by atoms with Crippen LogP contribution in [0.15, 0.2) is 53.7 Å². The second-order valence-electron chi connectivity index (χ2n) is 6.40. The van der Waals surface area contributed by atoms with Gasteiger partial charge in [-0.05, 0) is 29.8 Å². The van der Waals surface area contributed by atoms with Gasteiger partial charge < -0.3 is 9.47 Å². The number of hydrogen-bond donors (Lipinski definition) is 2. The number of para-hydroxylation sites is 1. The van der Waals surface area contributed by atoms with E-state index in [1.54, 1.807) is 35.3 Å². The van der Waals surface area contributed by atoms with Gasteiger partial charge in [0.25, 0.3) is 5.91 Å². The summed E-state index contributed by atoms with van der Waals surface area (Å²) < 4.78 is 36.0. The molecule has 0 radical (unpaired) electrons. The number of carbonyl (C=O) groups excluding carboxylic acids is 1. The number of aromatic nitrogens is 3. The molecule has 0 saturated heterocycles. The van der Waals surface area contributed by atoms with Crippen LogP contribution < -0.4 is 14.2 Å². The van der Waals surface area contributed by atoms with Crippen LogP contribution in [0.1, 0.15) is 21.6 Å². The summed E-state index contributed by atoms with van der Waals surface area (Å²) in [6.07, 6.45) is 4.15. The molecule has 0 spiro atoms. The van der Waals surface area contributed by atoms with Crippen molar-refractivity contribution in [3.8, 4) is 11.6 Å². The molecule has 0 aliphatic carbocycles. The quantitative estimate of drug-likeness (QED) is 0.638. The van der Waals surface area contributed by atoms with Crippen LogP contribution >= 0.6 is 0 Å². The second kappa shape index (κ2) is 7.55. The van der Waals surface area contributed by atoms with Gasteiger partial charge in [-0.25, -0.2) is 14.0 Å². The lowest BCUT2D eigenvalue weighted by Crippen LogP contribution is -2.30. The number of nitrogens with one attached hydrogen (secondary N) is 2. The van der Waals surface area contributed by atoms with E-state index in [0.717, 1.165) is 11.1 Å². The third-order valence-corrected chi connectivity index (χ3v) is 5.89. The summed E-state index contributed by atoms with van der Waals surface area (Å²) in [6.45, 7) is 0.889. The Labute approximate surface area is 167 Å². The summed E-state index contributed by atoms with van der Waals surface area (Å²) >= 11 is 0. The Morgan fingerprint density at radius 1 is 1.34 bits per heavy atom. The summed E-state index contributed by atoms with van der Waals surface area (Å²) in [7, 11) is -2.17. The summed E-state index contributed by atoms with van der Waals surface area (Å²) in [5.74, 6) is -0.0639. The van der Waals surface area contributed by atoms with Crippen molar-refractivity contribution >= 4 is 15.8 Å². The Bertz CT molecular complexity index is 1160. The normalized spacial score (nSPS) is 14.5. The van der Waals surface area contributed by atoms with Crippen LogP contribution in [0.4, 0.5) is 0 Å². The molecule has 0 fully saturated rings. The minimum absolute atomic E-state index is 0.000430. The van der Waals surface area contributed by atoms with Gasteiger partial charge in [0.2, 0.25) is 5.88 Å². The first-order chi connectivity index (χ1) is 14.0. The van der Waals surface area contributed by atoms with Gasteiger partial charge in [0.05, 0.1) is 20.3 Å². The molecular weight excluding hydrogens is 394 g/mol. The highest BCUT2D eigenvalue weighted by molar-refractivity contribution is 7.91. The van der Waals surface area contributed by atoms with Crippen LogP contribution in [0.3, 0.4) is 0 Å². The van der Waals surface area contributed by atoms with Crippen molar-refractivity contribution in [3.05, 3.63) is 65.6 Å². The first-order valence-corrected chi connectivity index (χ1v) is 10.4. The Hall–Kier alpha value is -3.40. The zero-order valence-electron chi connectivity index (χ0n) is 15.6. The van der Waals surface area contributed by atoms with Crippen molar-refractivity contribution in [1.82, 2.24) is 19.5 Å². The molecule has 3 aromatic rings. The number of carbonyl (C=O) groups is 1. The number of fused-ring (bicyclic) bond motifs is 1. The lowest BCUT2D eigenvalue weighted by Gasteiger charge is -2.14. The number of hydrogen-bond acceptors (Lipinski definition) is 7. The van der Waals surface area contributed by atoms with Crippen LogP contribution in [0.2, 0.25) is 0 Å². The van der Waals surface area contributed by atoms with Crippen molar-refractivity contribution in [1.29, 1.82) is 4.78 Å². The highest BCUT2D eigenvalue weighted by Gasteiger charge is 2.25. The van der Waals surface area contributed by atoms with Gasteiger partial charge in [-0.15, -0.1) is 0 Å². The van der Waals surface area contributed by atoms with Crippen molar-refractivity contribution in [2.45, 2.75) is 17.9 Å². The third-order valence-electron chi connectivity index (χ3n) is 4.48. The number of ether oxygens (including phenoxy) is 2. The van der Waals surface area contributed by atoms with E-state index in [0.29, 0.717) is 25.3 Å². The van der Waals surface area contributed by atoms with Crippen molar-refractivity contribution < 1.29 is 18.5 Å². The van der Waals surface area contributed by atoms with E-state index in [1.165, 1.54) is 19.2 Å². The van der Waals surface area contributed by atoms with E-state index in [4.69, 9.17) is 14.3 Å². The number of amides is 1. The SMILES string of the molecule is COc1nc(C(=O)N[S@](=N)(=O)c2cccc3c2OCC3)ccc1Cn1cccn1. The predicted octanol–water partition coefficient (Wildman–Crippen LogP) is 2.02. The standard InChI is InChI=1S/C19H19N5O4S/c1-27-19-14(12-24-10-3-9-21-24)6-7-15(22-19)18(25)23-29(20,26)16-5-2-4-13-8-11-28-17(13)16/h2-7,9-10H,8,11-12H2,1H3,(H2,20,23,25,26)/t29-/m0/s1. The van der Waals surface area contributed by atoms with Gasteiger partial charge in [-0.2, -0.15) is 5.10 Å². The fourth-order valence-corrected chi connectivity index (χ4v) is 4.31. The topological polar surface area (TPSA) is 119 Å². The number of rotatable bonds is 6. The molecule has 1 atom stereocenters. The average Bonchev–Trinajstić information content (AvgIpc) is 3.39. The largest absolute Gasteiger partial charge is 0.492 e. The predicted molar refractivity (Wildman–Crippen MR) is 104 cm³/mol. The molecule has 1 aliphatic rings. The lowest BCUT2D eigenvalue weighted by atomic mass is 10.2. The van der Waals surface area contributed by atoms with Gasteiger partial charge in [0, 0.05) is 24.4 Å². The molecule has 2 N–H and O–H groups in total. The average molecular weight is 413 g/mol. The molecule has 4 rings (SSSR count). The van der Waals surface area contributed by atoms with Gasteiger partial charge in [-0.3, -0.25) is 14.2 Å². The minimum Gasteiger partial charge on any atom is -0.492 e. The maximum Gasteiger partial charge on any atom is 0.282 e. The van der Waals surface area contributed by atoms with E-state index in [-0.39, 0.29) is 16.5 Å². The van der Waals surface area contributed by atoms with Gasteiger partial charge in [0.1, 0.15) is 16.3 Å². The molecule has 0 bridgehead atoms. The molecule has 29 heavy (non-hydrogen) atoms. The smallest absolute Gasteiger partial charge is 0.282 e. The maximum absolute atomic E-state index is 12.9. The zero-order valence-corrected chi connectivity index (χ0v) is 16.4. The maximum atomic E-state index is 12.9. The van der Waals surface area contributed by atoms with Gasteiger partial charge >= 0.3 is 0 Å². The van der Waals surface area contributed by atoms with Gasteiger partial charge in [-0.1, -0.05) is 12.1 Å². The van der Waals surface area contributed by atoms with Crippen molar-refractivity contribution in [2.24, 2.45) is 0 Å². The fourth-order valence-electron chi connectivity index (χ4n) is 3.11. The zero-order chi connectivity index (χ0) is 20.4. The second-order valence-corrected chi connectivity index (χ2v) is 8.16. The molecule has 0 saturated carbocycles. The van der Waals surface area contributed by atoms with E-state index < -0.39 is 15.8 Å². The van der Waals surface area contributed by atoms with Crippen LogP contribution in [-0.4, -0.2) is 38.6 Å². The molecule has 3 heterocycles. The Morgan fingerprint density at radius 3 is 2.97 bits per heavy atom. The van der Waals surface area contributed by atoms with E-state index in [9.17, 15) is 9.00 Å². The highest BCUT2D eigenvalue weighted by Crippen LogP contribution is 2.32. The highest BCUT2D eigenvalue weighted by atomic mass is 32.2. The summed E-state index contributed by atoms with van der Waals surface area (Å²) in [4.78, 5) is 17.0. The Kier molecular flexibility index (Phi) is 4.93. The Balaban J connectivity index is 1.57. The third kappa shape index (κ3) is 3.79. The molecule has 150 valence electrons. The lowest BCUT2D eigenvalue weighted by molar-refractivity contribution is 0.0976. The number of nitrogens with zero attached hydrogens (tertiary/aromatic N) is 3. The monoisotopic (exact) mass is 413 g/mol. The molecular formula is C19H19N5O4S. The van der Waals surface area contributed by atoms with Gasteiger partial charge in [0.15, 0.2) is 9.92 Å². The molecule has 2 aromatic heterocycles. The Morgan fingerprint density at radius 2 is 2.21 bits per heavy atom. The molecule has 1 aliphatic heterocycles. The minimum atomic E-state index is -3.62. The van der Waals surface area contributed by atoms with Crippen molar-refractivity contribution in [3.63, 3.8) is 0 Å². The number of methoxy groups -OCH3 is 1. The van der Waals surface area contributed by atoms with Crippen LogP contribution in [0.5, 0.6) is 11.6 Å².